The molecule has 31 heavy (non-hydrogen) atoms. The van der Waals surface area contributed by atoms with Gasteiger partial charge in [-0.15, -0.1) is 0 Å². The zero-order valence-corrected chi connectivity index (χ0v) is 17.6. The van der Waals surface area contributed by atoms with Gasteiger partial charge in [0.05, 0.1) is 5.56 Å². The van der Waals surface area contributed by atoms with E-state index in [4.69, 9.17) is 0 Å². The van der Waals surface area contributed by atoms with Gasteiger partial charge in [-0.05, 0) is 31.3 Å². The maximum absolute atomic E-state index is 14.1. The van der Waals surface area contributed by atoms with Gasteiger partial charge >= 0.3 is 0 Å². The van der Waals surface area contributed by atoms with Crippen LogP contribution in [-0.2, 0) is 11.8 Å². The quantitative estimate of drug-likeness (QED) is 0.661. The molecule has 0 atom stereocenters. The summed E-state index contributed by atoms with van der Waals surface area (Å²) in [6, 6.07) is 13.6. The first-order valence-electron chi connectivity index (χ1n) is 10.2. The van der Waals surface area contributed by atoms with E-state index >= 15 is 0 Å². The zero-order chi connectivity index (χ0) is 22.0. The molecule has 1 aliphatic rings. The van der Waals surface area contributed by atoms with Crippen molar-refractivity contribution in [1.82, 2.24) is 19.7 Å². The van der Waals surface area contributed by atoms with Crippen molar-refractivity contribution in [3.05, 3.63) is 77.4 Å². The molecule has 4 rings (SSSR count). The number of hydrogen-bond acceptors (Lipinski definition) is 3. The van der Waals surface area contributed by atoms with Gasteiger partial charge in [0.25, 0.3) is 11.8 Å². The number of amides is 2. The lowest BCUT2D eigenvalue weighted by Crippen LogP contribution is -2.49. The minimum absolute atomic E-state index is 0.0995. The van der Waals surface area contributed by atoms with Gasteiger partial charge < -0.3 is 19.7 Å². The van der Waals surface area contributed by atoms with Crippen LogP contribution in [0.15, 0.2) is 60.4 Å². The van der Waals surface area contributed by atoms with E-state index in [1.54, 1.807) is 17.0 Å². The molecule has 2 aromatic carbocycles. The molecule has 1 N–H and O–H groups in total. The van der Waals surface area contributed by atoms with Gasteiger partial charge in [-0.1, -0.05) is 30.3 Å². The van der Waals surface area contributed by atoms with E-state index in [-0.39, 0.29) is 17.2 Å². The van der Waals surface area contributed by atoms with Crippen LogP contribution in [0.2, 0.25) is 0 Å². The molecule has 2 amide bonds. The van der Waals surface area contributed by atoms with Crippen molar-refractivity contribution >= 4 is 28.8 Å². The summed E-state index contributed by atoms with van der Waals surface area (Å²) in [6.07, 6.45) is 3.60. The highest BCUT2D eigenvalue weighted by Gasteiger charge is 2.25. The Bertz CT molecular complexity index is 1160. The predicted octanol–water partition coefficient (Wildman–Crippen LogP) is 2.86. The Kier molecular flexibility index (Phi) is 5.86. The molecule has 0 spiro atoms. The molecular formula is C24H25FN4O2. The third-order valence-electron chi connectivity index (χ3n) is 5.62. The van der Waals surface area contributed by atoms with Crippen molar-refractivity contribution in [3.63, 3.8) is 0 Å². The Hall–Kier alpha value is -3.45. The van der Waals surface area contributed by atoms with Crippen LogP contribution in [0.1, 0.15) is 15.9 Å². The van der Waals surface area contributed by atoms with Gasteiger partial charge in [0.2, 0.25) is 0 Å². The lowest BCUT2D eigenvalue weighted by Gasteiger charge is -2.33. The van der Waals surface area contributed by atoms with Gasteiger partial charge in [0.1, 0.15) is 11.5 Å². The molecule has 0 aliphatic carbocycles. The molecule has 2 heterocycles. The van der Waals surface area contributed by atoms with Gasteiger partial charge in [-0.2, -0.15) is 0 Å². The summed E-state index contributed by atoms with van der Waals surface area (Å²) < 4.78 is 16.1. The molecule has 0 bridgehead atoms. The molecule has 160 valence electrons. The summed E-state index contributed by atoms with van der Waals surface area (Å²) in [4.78, 5) is 30.0. The number of halogens is 1. The van der Waals surface area contributed by atoms with Gasteiger partial charge in [0.15, 0.2) is 0 Å². The fraction of sp³-hybridized carbons (Fsp3) is 0.250. The third-order valence-corrected chi connectivity index (χ3v) is 5.62. The summed E-state index contributed by atoms with van der Waals surface area (Å²) in [5, 5.41) is 3.64. The average Bonchev–Trinajstić information content (AvgIpc) is 3.09. The molecule has 3 aromatic rings. The molecule has 0 radical (unpaired) electrons. The molecule has 6 nitrogen and oxygen atoms in total. The number of aryl methyl sites for hydroxylation is 1. The Labute approximate surface area is 180 Å². The summed E-state index contributed by atoms with van der Waals surface area (Å²) in [5.41, 5.74) is 1.86. The third kappa shape index (κ3) is 4.36. The maximum atomic E-state index is 14.1. The minimum Gasteiger partial charge on any atom is -0.350 e. The van der Waals surface area contributed by atoms with E-state index in [0.29, 0.717) is 13.1 Å². The molecule has 1 aromatic heterocycles. The second kappa shape index (κ2) is 8.73. The van der Waals surface area contributed by atoms with Gasteiger partial charge in [0, 0.05) is 55.9 Å². The van der Waals surface area contributed by atoms with E-state index in [2.05, 4.69) is 10.2 Å². The van der Waals surface area contributed by atoms with Crippen LogP contribution in [-0.4, -0.2) is 59.4 Å². The molecule has 0 saturated carbocycles. The number of carbonyl (C=O) groups is 2. The zero-order valence-electron chi connectivity index (χ0n) is 17.6. The summed E-state index contributed by atoms with van der Waals surface area (Å²) >= 11 is 0. The summed E-state index contributed by atoms with van der Waals surface area (Å²) in [5.74, 6) is -1.55. The van der Waals surface area contributed by atoms with Gasteiger partial charge in [-0.25, -0.2) is 4.39 Å². The summed E-state index contributed by atoms with van der Waals surface area (Å²) in [7, 11) is 3.94. The Balaban J connectivity index is 1.71. The highest BCUT2D eigenvalue weighted by Crippen LogP contribution is 2.23. The van der Waals surface area contributed by atoms with Crippen LogP contribution >= 0.6 is 0 Å². The number of rotatable bonds is 4. The first kappa shape index (κ1) is 20.8. The smallest absolute Gasteiger partial charge is 0.270 e. The van der Waals surface area contributed by atoms with E-state index in [1.165, 1.54) is 18.2 Å². The van der Waals surface area contributed by atoms with E-state index in [0.717, 1.165) is 29.6 Å². The lowest BCUT2D eigenvalue weighted by molar-refractivity contribution is -0.128. The first-order valence-corrected chi connectivity index (χ1v) is 10.2. The standard InChI is InChI=1S/C24H25FN4O2/c1-27-11-13-29(14-12-27)24(31)21(26-23(30)19-8-3-5-9-20(19)25)15-17-16-28(2)22-10-6-4-7-18(17)22/h3-10,15-16H,11-14H2,1-2H3,(H,26,30). The summed E-state index contributed by atoms with van der Waals surface area (Å²) in [6.45, 7) is 2.65. The normalized spacial score (nSPS) is 15.3. The molecule has 7 heteroatoms. The number of fused-ring (bicyclic) bond motifs is 1. The van der Waals surface area contributed by atoms with Crippen LogP contribution in [0.25, 0.3) is 17.0 Å². The van der Waals surface area contributed by atoms with Crippen LogP contribution < -0.4 is 5.32 Å². The van der Waals surface area contributed by atoms with Crippen molar-refractivity contribution in [3.8, 4) is 0 Å². The fourth-order valence-electron chi connectivity index (χ4n) is 3.81. The number of benzene rings is 2. The minimum atomic E-state index is -0.646. The number of aromatic nitrogens is 1. The highest BCUT2D eigenvalue weighted by atomic mass is 19.1. The van der Waals surface area contributed by atoms with Crippen molar-refractivity contribution in [2.75, 3.05) is 33.2 Å². The predicted molar refractivity (Wildman–Crippen MR) is 119 cm³/mol. The highest BCUT2D eigenvalue weighted by molar-refractivity contribution is 6.06. The molecular weight excluding hydrogens is 395 g/mol. The molecule has 1 aliphatic heterocycles. The van der Waals surface area contributed by atoms with E-state index in [9.17, 15) is 14.0 Å². The molecule has 0 unspecified atom stereocenters. The number of para-hydroxylation sites is 1. The Morgan fingerprint density at radius 3 is 2.39 bits per heavy atom. The average molecular weight is 420 g/mol. The fourth-order valence-corrected chi connectivity index (χ4v) is 3.81. The van der Waals surface area contributed by atoms with Gasteiger partial charge in [-0.3, -0.25) is 9.59 Å². The number of hydrogen-bond donors (Lipinski definition) is 1. The topological polar surface area (TPSA) is 57.6 Å². The van der Waals surface area contributed by atoms with Crippen LogP contribution in [0, 0.1) is 5.82 Å². The Morgan fingerprint density at radius 1 is 0.968 bits per heavy atom. The number of nitrogens with one attached hydrogen (secondary N) is 1. The number of nitrogens with zero attached hydrogens (tertiary/aromatic N) is 3. The molecule has 1 fully saturated rings. The van der Waals surface area contributed by atoms with Crippen LogP contribution in [0.3, 0.4) is 0 Å². The second-order valence-corrected chi connectivity index (χ2v) is 7.80. The Morgan fingerprint density at radius 2 is 1.65 bits per heavy atom. The maximum Gasteiger partial charge on any atom is 0.270 e. The lowest BCUT2D eigenvalue weighted by atomic mass is 10.1. The van der Waals surface area contributed by atoms with Crippen molar-refractivity contribution < 1.29 is 14.0 Å². The van der Waals surface area contributed by atoms with Crippen LogP contribution in [0.4, 0.5) is 4.39 Å². The number of piperazine rings is 1. The van der Waals surface area contributed by atoms with Crippen molar-refractivity contribution in [1.29, 1.82) is 0 Å². The number of likely N-dealkylation sites (N-methyl/N-ethyl adjacent to an activating group) is 1. The first-order chi connectivity index (χ1) is 14.9. The van der Waals surface area contributed by atoms with E-state index < -0.39 is 11.7 Å². The van der Waals surface area contributed by atoms with Crippen molar-refractivity contribution in [2.24, 2.45) is 7.05 Å². The largest absolute Gasteiger partial charge is 0.350 e. The van der Waals surface area contributed by atoms with Crippen LogP contribution in [0.5, 0.6) is 0 Å². The monoisotopic (exact) mass is 420 g/mol. The second-order valence-electron chi connectivity index (χ2n) is 7.80. The SMILES string of the molecule is CN1CCN(C(=O)C(=Cc2cn(C)c3ccccc23)NC(=O)c2ccccc2F)CC1. The molecule has 1 saturated heterocycles. The number of carbonyl (C=O) groups excluding carboxylic acids is 2. The van der Waals surface area contributed by atoms with E-state index in [1.807, 2.05) is 49.1 Å². The van der Waals surface area contributed by atoms with Crippen molar-refractivity contribution in [2.45, 2.75) is 0 Å².